The third-order valence-electron chi connectivity index (χ3n) is 8.65. The number of carboxylic acid groups (broad SMARTS) is 1. The van der Waals surface area contributed by atoms with Gasteiger partial charge in [0, 0.05) is 30.7 Å². The number of alkyl halides is 3. The topological polar surface area (TPSA) is 75.6 Å². The maximum Gasteiger partial charge on any atom is 0.320 e. The van der Waals surface area contributed by atoms with Gasteiger partial charge < -0.3 is 9.84 Å². The second-order valence-electron chi connectivity index (χ2n) is 12.0. The van der Waals surface area contributed by atoms with E-state index in [-0.39, 0.29) is 68.8 Å². The molecule has 6 fully saturated rings. The average molecular weight is 496 g/mol. The van der Waals surface area contributed by atoms with Crippen LogP contribution in [0, 0.1) is 11.2 Å². The number of hydrogen-bond acceptors (Lipinski definition) is 4. The highest BCUT2D eigenvalue weighted by Gasteiger charge is 2.70. The first-order valence-electron chi connectivity index (χ1n) is 12.5. The van der Waals surface area contributed by atoms with Gasteiger partial charge in [-0.3, -0.25) is 14.9 Å². The Morgan fingerprint density at radius 3 is 2.00 bits per heavy atom. The minimum atomic E-state index is -1.88. The molecule has 2 atom stereocenters. The molecule has 1 aromatic rings. The van der Waals surface area contributed by atoms with Crippen LogP contribution in [0.15, 0.2) is 12.1 Å². The summed E-state index contributed by atoms with van der Waals surface area (Å²) in [5, 5.41) is 11.9. The van der Waals surface area contributed by atoms with Crippen molar-refractivity contribution in [2.24, 2.45) is 5.41 Å². The lowest BCUT2D eigenvalue weighted by Gasteiger charge is -2.62. The quantitative estimate of drug-likeness (QED) is 0.413. The number of halogens is 4. The van der Waals surface area contributed by atoms with Gasteiger partial charge in [0.25, 0.3) is 0 Å². The number of rotatable bonds is 7. The van der Waals surface area contributed by atoms with Crippen molar-refractivity contribution in [1.82, 2.24) is 5.32 Å². The monoisotopic (exact) mass is 495 g/mol. The van der Waals surface area contributed by atoms with Crippen LogP contribution >= 0.6 is 0 Å². The van der Waals surface area contributed by atoms with Crippen LogP contribution in [0.25, 0.3) is 0 Å². The predicted octanol–water partition coefficient (Wildman–Crippen LogP) is 4.96. The molecule has 5 aliphatic carbocycles. The molecule has 1 heterocycles. The lowest BCUT2D eigenvalue weighted by Crippen LogP contribution is -2.66. The fourth-order valence-corrected chi connectivity index (χ4v) is 7.78. The van der Waals surface area contributed by atoms with E-state index >= 15 is 17.6 Å². The Balaban J connectivity index is 1.24. The van der Waals surface area contributed by atoms with Crippen LogP contribution in [-0.4, -0.2) is 52.6 Å². The third kappa shape index (κ3) is 4.03. The van der Waals surface area contributed by atoms with Crippen molar-refractivity contribution in [3.05, 3.63) is 29.1 Å². The second kappa shape index (κ2) is 7.43. The Hall–Kier alpha value is -2.16. The highest BCUT2D eigenvalue weighted by Crippen LogP contribution is 2.68. The lowest BCUT2D eigenvalue weighted by atomic mass is 9.46. The molecule has 5 saturated carbocycles. The number of hydrogen-bond donors (Lipinski definition) is 2. The van der Waals surface area contributed by atoms with Gasteiger partial charge in [0.05, 0.1) is 18.2 Å². The molecule has 0 aromatic heterocycles. The van der Waals surface area contributed by atoms with Gasteiger partial charge in [-0.1, -0.05) is 0 Å². The second-order valence-corrected chi connectivity index (χ2v) is 12.0. The average Bonchev–Trinajstić information content (AvgIpc) is 3.43. The maximum absolute atomic E-state index is 15.3. The standard InChI is InChI=1S/C26H29F4NO4/c27-17-6-20(35-13-23-7-24(28)10-25(29,8-23)12-26(30,9-23)11-24)15(14-1-2-14)5-16(17)21(32)18-3-4-19(31-18)22(33)34/h5-6,14,18-19,31H,1-4,7-13H2,(H,33,34). The number of nitrogens with one attached hydrogen (secondary N) is 1. The SMILES string of the molecule is O=C(O)C1CCC(C(=O)c2cc(C3CC3)c(OCC34CC5(F)CC(F)(CC(F)(C5)C3)C4)cc2F)N1. The Morgan fingerprint density at radius 2 is 1.49 bits per heavy atom. The van der Waals surface area contributed by atoms with Crippen molar-refractivity contribution in [1.29, 1.82) is 0 Å². The Kier molecular flexibility index (Phi) is 4.94. The first-order chi connectivity index (χ1) is 16.4. The van der Waals surface area contributed by atoms with Gasteiger partial charge in [-0.05, 0) is 62.5 Å². The molecule has 35 heavy (non-hydrogen) atoms. The van der Waals surface area contributed by atoms with E-state index in [1.54, 1.807) is 0 Å². The van der Waals surface area contributed by atoms with Crippen molar-refractivity contribution in [3.63, 3.8) is 0 Å². The van der Waals surface area contributed by atoms with E-state index in [1.165, 1.54) is 6.07 Å². The molecule has 1 aliphatic heterocycles. The molecule has 7 rings (SSSR count). The van der Waals surface area contributed by atoms with Crippen LogP contribution in [0.5, 0.6) is 5.75 Å². The highest BCUT2D eigenvalue weighted by molar-refractivity contribution is 6.01. The zero-order valence-electron chi connectivity index (χ0n) is 19.3. The fraction of sp³-hybridized carbons (Fsp3) is 0.692. The maximum atomic E-state index is 15.3. The minimum Gasteiger partial charge on any atom is -0.493 e. The molecule has 2 unspecified atom stereocenters. The van der Waals surface area contributed by atoms with E-state index in [9.17, 15) is 9.59 Å². The van der Waals surface area contributed by atoms with E-state index in [2.05, 4.69) is 5.32 Å². The zero-order chi connectivity index (χ0) is 24.8. The van der Waals surface area contributed by atoms with Crippen molar-refractivity contribution < 1.29 is 37.0 Å². The number of ether oxygens (including phenoxy) is 1. The summed E-state index contributed by atoms with van der Waals surface area (Å²) in [6, 6.07) is 1.00. The highest BCUT2D eigenvalue weighted by atomic mass is 19.2. The Labute approximate surface area is 200 Å². The summed E-state index contributed by atoms with van der Waals surface area (Å²) in [6.07, 6.45) is 1.56. The lowest BCUT2D eigenvalue weighted by molar-refractivity contribution is -0.223. The molecule has 1 aromatic carbocycles. The summed E-state index contributed by atoms with van der Waals surface area (Å²) in [5.41, 5.74) is -6.10. The summed E-state index contributed by atoms with van der Waals surface area (Å²) in [4.78, 5) is 24.2. The largest absolute Gasteiger partial charge is 0.493 e. The van der Waals surface area contributed by atoms with Crippen LogP contribution in [0.4, 0.5) is 17.6 Å². The van der Waals surface area contributed by atoms with Gasteiger partial charge in [-0.2, -0.15) is 0 Å². The third-order valence-corrected chi connectivity index (χ3v) is 8.65. The number of Topliss-reactive ketones (excluding diaryl/α,β-unsaturated/α-hetero) is 1. The molecular weight excluding hydrogens is 466 g/mol. The van der Waals surface area contributed by atoms with Gasteiger partial charge in [-0.25, -0.2) is 17.6 Å². The normalized spacial score (nSPS) is 41.8. The van der Waals surface area contributed by atoms with Crippen molar-refractivity contribution in [3.8, 4) is 5.75 Å². The number of carbonyl (C=O) groups excluding carboxylic acids is 1. The smallest absolute Gasteiger partial charge is 0.320 e. The molecule has 6 aliphatic rings. The Morgan fingerprint density at radius 1 is 0.914 bits per heavy atom. The van der Waals surface area contributed by atoms with Gasteiger partial charge in [0.15, 0.2) is 5.78 Å². The molecule has 0 radical (unpaired) electrons. The van der Waals surface area contributed by atoms with Crippen LogP contribution in [-0.2, 0) is 4.79 Å². The summed E-state index contributed by atoms with van der Waals surface area (Å²) in [5.74, 6) is -2.02. The molecule has 5 nitrogen and oxygen atoms in total. The van der Waals surface area contributed by atoms with Crippen LogP contribution in [0.1, 0.15) is 86.0 Å². The van der Waals surface area contributed by atoms with Gasteiger partial charge >= 0.3 is 5.97 Å². The molecule has 4 bridgehead atoms. The van der Waals surface area contributed by atoms with E-state index in [4.69, 9.17) is 9.84 Å². The van der Waals surface area contributed by atoms with Crippen LogP contribution < -0.4 is 10.1 Å². The van der Waals surface area contributed by atoms with E-state index in [0.29, 0.717) is 12.0 Å². The van der Waals surface area contributed by atoms with Crippen molar-refractivity contribution >= 4 is 11.8 Å². The van der Waals surface area contributed by atoms with Gasteiger partial charge in [-0.15, -0.1) is 0 Å². The summed E-state index contributed by atoms with van der Waals surface area (Å²) in [7, 11) is 0. The number of ketones is 1. The molecule has 9 heteroatoms. The molecular formula is C26H29F4NO4. The molecule has 0 amide bonds. The first kappa shape index (κ1) is 23.3. The first-order valence-corrected chi connectivity index (χ1v) is 12.5. The van der Waals surface area contributed by atoms with Crippen molar-refractivity contribution in [2.75, 3.05) is 6.61 Å². The predicted molar refractivity (Wildman–Crippen MR) is 117 cm³/mol. The molecule has 190 valence electrons. The molecule has 2 N–H and O–H groups in total. The van der Waals surface area contributed by atoms with Crippen LogP contribution in [0.2, 0.25) is 0 Å². The summed E-state index contributed by atoms with van der Waals surface area (Å²) >= 11 is 0. The van der Waals surface area contributed by atoms with E-state index in [1.807, 2.05) is 0 Å². The molecule has 0 spiro atoms. The number of aliphatic carboxylic acids is 1. The van der Waals surface area contributed by atoms with Crippen LogP contribution in [0.3, 0.4) is 0 Å². The number of benzene rings is 1. The summed E-state index contributed by atoms with van der Waals surface area (Å²) in [6.45, 7) is -0.104. The molecule has 1 saturated heterocycles. The zero-order valence-corrected chi connectivity index (χ0v) is 19.3. The Bertz CT molecular complexity index is 1050. The van der Waals surface area contributed by atoms with Gasteiger partial charge in [0.1, 0.15) is 34.6 Å². The minimum absolute atomic E-state index is 0.0350. The number of carboxylic acids is 1. The summed E-state index contributed by atoms with van der Waals surface area (Å²) < 4.78 is 67.1. The van der Waals surface area contributed by atoms with E-state index in [0.717, 1.165) is 18.9 Å². The number of carbonyl (C=O) groups is 2. The van der Waals surface area contributed by atoms with E-state index < -0.39 is 52.1 Å². The van der Waals surface area contributed by atoms with Gasteiger partial charge in [0.2, 0.25) is 0 Å². The fourth-order valence-electron chi connectivity index (χ4n) is 7.78. The van der Waals surface area contributed by atoms with Crippen molar-refractivity contribution in [2.45, 2.75) is 99.2 Å².